The molecule has 0 bridgehead atoms. The molecule has 0 fully saturated rings. The standard InChI is InChI=1S/C41H78N2.C37H72N2.C37H76N2/c1-4-7-18-25-35-30-31-40-38(28-22-15-11-13-17-24-33-43)36(26-21-14-10-12-16-23-32-42)34-37(27-19-8-5-2)41(40)39(35)29-20-9-6-3;1-3-5-7-15-22-28-36-34(26-20-6-4-2)30-31-35(27-21-16-11-8-9-13-18-24-32-38)37(36)29-23-17-12-10-14-19-25-33-39;1-3-5-7-9-13-19-25-31-37(33-27-21-15-12-17-23-29-35-39)36(30-24-18-10-8-6-4-2)32-26-20-14-11-16-22-28-34-38/h30-31,34-36,38-41H,4-29,32-33,42-43H2,1-3H3;22,28,30-31,34-37H,3-21,23-27,29,32-33,38-39H2,1-2H3;31,36H,3-30,32-35,38-39H2,1-2H3/b;28-22+;37-31-. The van der Waals surface area contributed by atoms with E-state index in [9.17, 15) is 0 Å². The van der Waals surface area contributed by atoms with Gasteiger partial charge in [-0.25, -0.2) is 0 Å². The van der Waals surface area contributed by atoms with Crippen molar-refractivity contribution in [1.82, 2.24) is 0 Å². The van der Waals surface area contributed by atoms with Crippen molar-refractivity contribution in [2.24, 2.45) is 99.5 Å². The van der Waals surface area contributed by atoms with Crippen LogP contribution in [0.1, 0.15) is 569 Å². The second kappa shape index (κ2) is 93.1. The number of hydrogen-bond acceptors (Lipinski definition) is 6. The predicted octanol–water partition coefficient (Wildman–Crippen LogP) is 35.8. The number of hydrogen-bond donors (Lipinski definition) is 6. The molecule has 3 rings (SSSR count). The van der Waals surface area contributed by atoms with E-state index in [0.717, 1.165) is 104 Å². The van der Waals surface area contributed by atoms with Crippen LogP contribution in [-0.4, -0.2) is 39.3 Å². The van der Waals surface area contributed by atoms with E-state index in [2.05, 4.69) is 97.1 Å². The van der Waals surface area contributed by atoms with Crippen LogP contribution in [0.4, 0.5) is 0 Å². The topological polar surface area (TPSA) is 156 Å². The Morgan fingerprint density at radius 3 is 0.992 bits per heavy atom. The van der Waals surface area contributed by atoms with Crippen molar-refractivity contribution in [3.8, 4) is 0 Å². The lowest BCUT2D eigenvalue weighted by molar-refractivity contribution is 0.108. The number of allylic oxidation sites excluding steroid dienone is 10. The fourth-order valence-corrected chi connectivity index (χ4v) is 21.8. The van der Waals surface area contributed by atoms with Gasteiger partial charge in [-0.1, -0.05) is 481 Å². The Balaban J connectivity index is 0.000000909. The third kappa shape index (κ3) is 66.5. The first-order valence-corrected chi connectivity index (χ1v) is 56.4. The SMILES string of the molecule is CCCCC/C=C/C1C(CCCCC)C=CC(CCCCCCCCCCN)C1CCCCCCCCCN.CCCCCC1=CC(CCCCCCCCN)C(CCCCCCCCN)C2C=CC(CCCCC)C(CCCCC)C12.CCCCCCCC/C=C(/CCCCCCCCCN)C(CCCCCCCC)CCCCCCCCCN. The highest BCUT2D eigenvalue weighted by Crippen LogP contribution is 2.54. The molecule has 0 saturated carbocycles. The lowest BCUT2D eigenvalue weighted by Crippen LogP contribution is -2.41. The van der Waals surface area contributed by atoms with Crippen LogP contribution in [-0.2, 0) is 0 Å². The summed E-state index contributed by atoms with van der Waals surface area (Å²) in [6, 6.07) is 0. The number of rotatable bonds is 89. The highest BCUT2D eigenvalue weighted by molar-refractivity contribution is 5.25. The van der Waals surface area contributed by atoms with E-state index < -0.39 is 0 Å². The molecule has 0 aromatic heterocycles. The molecular weight excluding hydrogens is 1470 g/mol. The summed E-state index contributed by atoms with van der Waals surface area (Å²) in [6.45, 7) is 21.6. The zero-order valence-electron chi connectivity index (χ0n) is 84.0. The van der Waals surface area contributed by atoms with Gasteiger partial charge in [0.1, 0.15) is 0 Å². The van der Waals surface area contributed by atoms with Crippen molar-refractivity contribution in [1.29, 1.82) is 0 Å². The minimum atomic E-state index is 0.769. The first-order valence-electron chi connectivity index (χ1n) is 56.4. The van der Waals surface area contributed by atoms with Crippen LogP contribution >= 0.6 is 0 Å². The predicted molar refractivity (Wildman–Crippen MR) is 550 cm³/mol. The van der Waals surface area contributed by atoms with Crippen molar-refractivity contribution in [2.75, 3.05) is 39.3 Å². The van der Waals surface area contributed by atoms with Crippen molar-refractivity contribution < 1.29 is 0 Å². The Labute approximate surface area is 762 Å². The Hall–Kier alpha value is -1.54. The van der Waals surface area contributed by atoms with Crippen LogP contribution in [0.5, 0.6) is 0 Å². The summed E-state index contributed by atoms with van der Waals surface area (Å²) >= 11 is 0. The quantitative estimate of drug-likeness (QED) is 0.0263. The summed E-state index contributed by atoms with van der Waals surface area (Å²) < 4.78 is 0. The molecule has 0 aromatic rings. The molecule has 3 aliphatic rings. The van der Waals surface area contributed by atoms with E-state index in [1.807, 2.05) is 11.1 Å². The third-order valence-corrected chi connectivity index (χ3v) is 29.4. The molecular formula is C115H226N6. The van der Waals surface area contributed by atoms with Gasteiger partial charge in [0.2, 0.25) is 0 Å². The van der Waals surface area contributed by atoms with Gasteiger partial charge in [0.05, 0.1) is 0 Å². The summed E-state index contributed by atoms with van der Waals surface area (Å²) in [7, 11) is 0. The van der Waals surface area contributed by atoms with Crippen molar-refractivity contribution in [3.63, 3.8) is 0 Å². The zero-order chi connectivity index (χ0) is 87.7. The normalized spacial score (nSPS) is 20.0. The summed E-state index contributed by atoms with van der Waals surface area (Å²) in [5.41, 5.74) is 37.9. The molecule has 0 radical (unpaired) electrons. The van der Waals surface area contributed by atoms with Crippen molar-refractivity contribution in [2.45, 2.75) is 569 Å². The molecule has 121 heavy (non-hydrogen) atoms. The molecule has 0 amide bonds. The van der Waals surface area contributed by atoms with Crippen LogP contribution in [0.2, 0.25) is 0 Å². The average molecular weight is 1690 g/mol. The minimum Gasteiger partial charge on any atom is -0.330 e. The maximum Gasteiger partial charge on any atom is -0.00773 e. The largest absolute Gasteiger partial charge is 0.330 e. The van der Waals surface area contributed by atoms with Crippen LogP contribution < -0.4 is 34.4 Å². The van der Waals surface area contributed by atoms with Gasteiger partial charge in [0.15, 0.2) is 0 Å². The van der Waals surface area contributed by atoms with Crippen molar-refractivity contribution in [3.05, 3.63) is 59.8 Å². The molecule has 0 saturated heterocycles. The summed E-state index contributed by atoms with van der Waals surface area (Å²) in [4.78, 5) is 0. The number of unbranched alkanes of at least 4 members (excludes halogenated alkanes) is 57. The maximum absolute atomic E-state index is 5.75. The van der Waals surface area contributed by atoms with Gasteiger partial charge < -0.3 is 34.4 Å². The van der Waals surface area contributed by atoms with Gasteiger partial charge in [-0.05, 0) is 252 Å². The Kier molecular flexibility index (Phi) is 90.4. The monoisotopic (exact) mass is 1690 g/mol. The fourth-order valence-electron chi connectivity index (χ4n) is 21.8. The van der Waals surface area contributed by atoms with E-state index in [-0.39, 0.29) is 0 Å². The Morgan fingerprint density at radius 1 is 0.264 bits per heavy atom. The number of fused-ring (bicyclic) bond motifs is 1. The molecule has 11 atom stereocenters. The summed E-state index contributed by atoms with van der Waals surface area (Å²) in [5, 5.41) is 0. The van der Waals surface area contributed by atoms with E-state index in [1.165, 1.54) is 520 Å². The van der Waals surface area contributed by atoms with Gasteiger partial charge >= 0.3 is 0 Å². The molecule has 0 heterocycles. The fraction of sp³-hybridized carbons (Fsp3) is 0.913. The molecule has 6 heteroatoms. The molecule has 716 valence electrons. The van der Waals surface area contributed by atoms with Gasteiger partial charge in [0.25, 0.3) is 0 Å². The summed E-state index contributed by atoms with van der Waals surface area (Å²) in [5.74, 6) is 9.04. The lowest BCUT2D eigenvalue weighted by atomic mass is 9.55. The van der Waals surface area contributed by atoms with Gasteiger partial charge in [-0.3, -0.25) is 0 Å². The van der Waals surface area contributed by atoms with Crippen LogP contribution in [0, 0.1) is 65.1 Å². The smallest absolute Gasteiger partial charge is 0.00773 e. The molecule has 0 aromatic carbocycles. The second-order valence-corrected chi connectivity index (χ2v) is 40.2. The van der Waals surface area contributed by atoms with E-state index >= 15 is 0 Å². The van der Waals surface area contributed by atoms with E-state index in [0.29, 0.717) is 0 Å². The van der Waals surface area contributed by atoms with Crippen LogP contribution in [0.15, 0.2) is 59.8 Å². The first kappa shape index (κ1) is 117. The maximum atomic E-state index is 5.75. The molecule has 0 aliphatic heterocycles. The lowest BCUT2D eigenvalue weighted by Gasteiger charge is -2.49. The number of nitrogens with two attached hydrogens (primary N) is 6. The highest BCUT2D eigenvalue weighted by Gasteiger charge is 2.45. The molecule has 12 N–H and O–H groups in total. The zero-order valence-corrected chi connectivity index (χ0v) is 84.0. The van der Waals surface area contributed by atoms with Crippen LogP contribution in [0.3, 0.4) is 0 Å². The molecule has 3 aliphatic carbocycles. The summed E-state index contributed by atoms with van der Waals surface area (Å²) in [6.07, 6.45) is 134. The molecule has 0 spiro atoms. The van der Waals surface area contributed by atoms with Gasteiger partial charge in [-0.15, -0.1) is 0 Å². The first-order chi connectivity index (χ1) is 59.8. The Morgan fingerprint density at radius 2 is 0.554 bits per heavy atom. The Bertz CT molecular complexity index is 2200. The minimum absolute atomic E-state index is 0.769. The average Bonchev–Trinajstić information content (AvgIpc) is 0.757. The third-order valence-electron chi connectivity index (χ3n) is 29.4. The highest BCUT2D eigenvalue weighted by atomic mass is 14.5. The second-order valence-electron chi connectivity index (χ2n) is 40.2. The molecule has 6 nitrogen and oxygen atoms in total. The van der Waals surface area contributed by atoms with Gasteiger partial charge in [0, 0.05) is 0 Å². The van der Waals surface area contributed by atoms with E-state index in [4.69, 9.17) is 34.4 Å². The van der Waals surface area contributed by atoms with Crippen molar-refractivity contribution >= 4 is 0 Å². The van der Waals surface area contributed by atoms with Crippen LogP contribution in [0.25, 0.3) is 0 Å². The molecule has 11 unspecified atom stereocenters. The van der Waals surface area contributed by atoms with Gasteiger partial charge in [-0.2, -0.15) is 0 Å². The van der Waals surface area contributed by atoms with E-state index in [1.54, 1.807) is 0 Å².